The highest BCUT2D eigenvalue weighted by atomic mass is 79.9. The summed E-state index contributed by atoms with van der Waals surface area (Å²) in [6, 6.07) is 0. The fourth-order valence-corrected chi connectivity index (χ4v) is 1.73. The van der Waals surface area contributed by atoms with Gasteiger partial charge in [0.05, 0.1) is 0 Å². The second kappa shape index (κ2) is 5.15. The van der Waals surface area contributed by atoms with E-state index in [0.717, 1.165) is 30.4 Å². The van der Waals surface area contributed by atoms with E-state index in [1.807, 2.05) is 0 Å². The minimum absolute atomic E-state index is 0.829. The van der Waals surface area contributed by atoms with Gasteiger partial charge in [-0.05, 0) is 31.1 Å². The molecule has 1 rings (SSSR count). The first kappa shape index (κ1) is 9.53. The molecule has 1 aliphatic heterocycles. The van der Waals surface area contributed by atoms with Crippen LogP contribution in [0.3, 0.4) is 0 Å². The van der Waals surface area contributed by atoms with Crippen molar-refractivity contribution in [2.75, 3.05) is 18.5 Å². The SMILES string of the molecule is CC(CBr)CCC1CCOC1. The third-order valence-electron chi connectivity index (χ3n) is 2.36. The quantitative estimate of drug-likeness (QED) is 0.663. The van der Waals surface area contributed by atoms with E-state index < -0.39 is 0 Å². The van der Waals surface area contributed by atoms with Crippen molar-refractivity contribution in [2.45, 2.75) is 26.2 Å². The lowest BCUT2D eigenvalue weighted by Crippen LogP contribution is -2.03. The molecule has 1 fully saturated rings. The minimum atomic E-state index is 0.829. The zero-order valence-corrected chi connectivity index (χ0v) is 8.77. The standard InChI is InChI=1S/C9H17BrO/c1-8(6-10)2-3-9-4-5-11-7-9/h8-9H,2-7H2,1H3. The molecule has 1 saturated heterocycles. The van der Waals surface area contributed by atoms with Crippen LogP contribution in [0.1, 0.15) is 26.2 Å². The fraction of sp³-hybridized carbons (Fsp3) is 1.00. The first-order chi connectivity index (χ1) is 5.33. The Morgan fingerprint density at radius 2 is 2.45 bits per heavy atom. The van der Waals surface area contributed by atoms with Gasteiger partial charge in [0.2, 0.25) is 0 Å². The van der Waals surface area contributed by atoms with Gasteiger partial charge >= 0.3 is 0 Å². The molecule has 2 heteroatoms. The Morgan fingerprint density at radius 1 is 1.64 bits per heavy atom. The van der Waals surface area contributed by atoms with Crippen molar-refractivity contribution in [1.29, 1.82) is 0 Å². The predicted molar refractivity (Wildman–Crippen MR) is 51.1 cm³/mol. The molecule has 66 valence electrons. The third-order valence-corrected chi connectivity index (χ3v) is 3.46. The highest BCUT2D eigenvalue weighted by molar-refractivity contribution is 9.09. The molecule has 1 aliphatic rings. The maximum atomic E-state index is 5.31. The zero-order chi connectivity index (χ0) is 8.10. The highest BCUT2D eigenvalue weighted by Crippen LogP contribution is 2.21. The Morgan fingerprint density at radius 3 is 3.00 bits per heavy atom. The van der Waals surface area contributed by atoms with Crippen LogP contribution < -0.4 is 0 Å². The van der Waals surface area contributed by atoms with E-state index in [4.69, 9.17) is 4.74 Å². The molecule has 0 spiro atoms. The summed E-state index contributed by atoms with van der Waals surface area (Å²) in [7, 11) is 0. The van der Waals surface area contributed by atoms with Crippen LogP contribution in [-0.4, -0.2) is 18.5 Å². The van der Waals surface area contributed by atoms with Crippen LogP contribution >= 0.6 is 15.9 Å². The van der Waals surface area contributed by atoms with Crippen molar-refractivity contribution in [1.82, 2.24) is 0 Å². The van der Waals surface area contributed by atoms with Gasteiger partial charge in [0.25, 0.3) is 0 Å². The van der Waals surface area contributed by atoms with E-state index in [9.17, 15) is 0 Å². The number of rotatable bonds is 4. The Bertz CT molecular complexity index is 99.7. The summed E-state index contributed by atoms with van der Waals surface area (Å²) < 4.78 is 5.31. The Kier molecular flexibility index (Phi) is 4.46. The summed E-state index contributed by atoms with van der Waals surface area (Å²) in [6.45, 7) is 4.30. The van der Waals surface area contributed by atoms with Gasteiger partial charge in [-0.15, -0.1) is 0 Å². The van der Waals surface area contributed by atoms with Gasteiger partial charge in [-0.3, -0.25) is 0 Å². The molecule has 1 heterocycles. The van der Waals surface area contributed by atoms with Crippen molar-refractivity contribution < 1.29 is 4.74 Å². The van der Waals surface area contributed by atoms with Crippen LogP contribution in [0.15, 0.2) is 0 Å². The van der Waals surface area contributed by atoms with Gasteiger partial charge in [0.15, 0.2) is 0 Å². The molecule has 0 bridgehead atoms. The summed E-state index contributed by atoms with van der Waals surface area (Å²) in [5, 5.41) is 1.14. The second-order valence-electron chi connectivity index (χ2n) is 3.57. The lowest BCUT2D eigenvalue weighted by atomic mass is 9.97. The average Bonchev–Trinajstić information content (AvgIpc) is 2.52. The number of hydrogen-bond donors (Lipinski definition) is 0. The number of hydrogen-bond acceptors (Lipinski definition) is 1. The summed E-state index contributed by atoms with van der Waals surface area (Å²) in [4.78, 5) is 0. The van der Waals surface area contributed by atoms with Crippen LogP contribution in [0.4, 0.5) is 0 Å². The van der Waals surface area contributed by atoms with Crippen molar-refractivity contribution in [3.63, 3.8) is 0 Å². The Balaban J connectivity index is 2.01. The lowest BCUT2D eigenvalue weighted by molar-refractivity contribution is 0.183. The molecule has 0 radical (unpaired) electrons. The molecule has 2 unspecified atom stereocenters. The Labute approximate surface area is 77.6 Å². The number of halogens is 1. The molecule has 0 saturated carbocycles. The van der Waals surface area contributed by atoms with Crippen molar-refractivity contribution in [3.8, 4) is 0 Å². The van der Waals surface area contributed by atoms with Gasteiger partial charge in [0.1, 0.15) is 0 Å². The van der Waals surface area contributed by atoms with E-state index in [1.165, 1.54) is 19.3 Å². The van der Waals surface area contributed by atoms with Gasteiger partial charge in [-0.25, -0.2) is 0 Å². The molecule has 0 aromatic carbocycles. The molecule has 1 nitrogen and oxygen atoms in total. The molecule has 0 aromatic heterocycles. The molecule has 2 atom stereocenters. The summed E-state index contributed by atoms with van der Waals surface area (Å²) in [5.41, 5.74) is 0. The molecular formula is C9H17BrO. The second-order valence-corrected chi connectivity index (χ2v) is 4.21. The minimum Gasteiger partial charge on any atom is -0.381 e. The van der Waals surface area contributed by atoms with Gasteiger partial charge < -0.3 is 4.74 Å². The molecule has 0 amide bonds. The predicted octanol–water partition coefficient (Wildman–Crippen LogP) is 2.83. The van der Waals surface area contributed by atoms with Gasteiger partial charge in [0, 0.05) is 18.5 Å². The molecule has 0 aliphatic carbocycles. The topological polar surface area (TPSA) is 9.23 Å². The normalized spacial score (nSPS) is 27.3. The zero-order valence-electron chi connectivity index (χ0n) is 7.18. The van der Waals surface area contributed by atoms with Crippen molar-refractivity contribution in [2.24, 2.45) is 11.8 Å². The maximum Gasteiger partial charge on any atom is 0.0495 e. The molecule has 0 N–H and O–H groups in total. The third kappa shape index (κ3) is 3.57. The van der Waals surface area contributed by atoms with Crippen LogP contribution in [0, 0.1) is 11.8 Å². The monoisotopic (exact) mass is 220 g/mol. The largest absolute Gasteiger partial charge is 0.381 e. The number of alkyl halides is 1. The van der Waals surface area contributed by atoms with Crippen molar-refractivity contribution in [3.05, 3.63) is 0 Å². The van der Waals surface area contributed by atoms with Crippen LogP contribution in [-0.2, 0) is 4.74 Å². The molecule has 0 aromatic rings. The van der Waals surface area contributed by atoms with E-state index in [1.54, 1.807) is 0 Å². The van der Waals surface area contributed by atoms with E-state index in [-0.39, 0.29) is 0 Å². The Hall–Kier alpha value is 0.440. The highest BCUT2D eigenvalue weighted by Gasteiger charge is 2.15. The van der Waals surface area contributed by atoms with E-state index >= 15 is 0 Å². The summed E-state index contributed by atoms with van der Waals surface area (Å²) in [6.07, 6.45) is 3.99. The van der Waals surface area contributed by atoms with Gasteiger partial charge in [-0.1, -0.05) is 22.9 Å². The van der Waals surface area contributed by atoms with Crippen LogP contribution in [0.2, 0.25) is 0 Å². The van der Waals surface area contributed by atoms with E-state index in [0.29, 0.717) is 0 Å². The summed E-state index contributed by atoms with van der Waals surface area (Å²) in [5.74, 6) is 1.69. The van der Waals surface area contributed by atoms with E-state index in [2.05, 4.69) is 22.9 Å². The van der Waals surface area contributed by atoms with Crippen LogP contribution in [0.5, 0.6) is 0 Å². The van der Waals surface area contributed by atoms with Crippen molar-refractivity contribution >= 4 is 15.9 Å². The molecular weight excluding hydrogens is 204 g/mol. The number of ether oxygens (including phenoxy) is 1. The lowest BCUT2D eigenvalue weighted by Gasteiger charge is -2.10. The summed E-state index contributed by atoms with van der Waals surface area (Å²) >= 11 is 3.49. The maximum absolute atomic E-state index is 5.31. The van der Waals surface area contributed by atoms with Gasteiger partial charge in [-0.2, -0.15) is 0 Å². The average molecular weight is 221 g/mol. The first-order valence-electron chi connectivity index (χ1n) is 4.46. The first-order valence-corrected chi connectivity index (χ1v) is 5.58. The fourth-order valence-electron chi connectivity index (χ4n) is 1.41. The smallest absolute Gasteiger partial charge is 0.0495 e. The molecule has 11 heavy (non-hydrogen) atoms. The van der Waals surface area contributed by atoms with Crippen LogP contribution in [0.25, 0.3) is 0 Å².